The second kappa shape index (κ2) is 10.4. The van der Waals surface area contributed by atoms with E-state index in [1.54, 1.807) is 18.5 Å². The summed E-state index contributed by atoms with van der Waals surface area (Å²) in [5.74, 6) is -1.38. The molecular formula is C25H23F3N2O6S. The summed E-state index contributed by atoms with van der Waals surface area (Å²) in [6.07, 6.45) is -1.59. The van der Waals surface area contributed by atoms with Crippen LogP contribution in [0.2, 0.25) is 0 Å². The van der Waals surface area contributed by atoms with Crippen molar-refractivity contribution in [2.24, 2.45) is 0 Å². The molecule has 0 bridgehead atoms. The minimum Gasteiger partial charge on any atom is -0.480 e. The van der Waals surface area contributed by atoms with Crippen molar-refractivity contribution < 1.29 is 41.0 Å². The van der Waals surface area contributed by atoms with Gasteiger partial charge in [-0.3, -0.25) is 14.7 Å². The summed E-state index contributed by atoms with van der Waals surface area (Å²) in [6.45, 7) is 1.12. The van der Waals surface area contributed by atoms with Gasteiger partial charge in [0.05, 0.1) is 4.90 Å². The van der Waals surface area contributed by atoms with Crippen LogP contribution in [-0.4, -0.2) is 53.6 Å². The third-order valence-electron chi connectivity index (χ3n) is 6.12. The molecule has 2 aromatic carbocycles. The van der Waals surface area contributed by atoms with Gasteiger partial charge in [0.2, 0.25) is 0 Å². The maximum atomic E-state index is 13.5. The molecule has 1 aliphatic rings. The van der Waals surface area contributed by atoms with E-state index in [9.17, 15) is 31.5 Å². The molecule has 0 spiro atoms. The van der Waals surface area contributed by atoms with Crippen LogP contribution in [0.4, 0.5) is 13.2 Å². The molecule has 0 amide bonds. The highest BCUT2D eigenvalue weighted by atomic mass is 32.2. The predicted molar refractivity (Wildman–Crippen MR) is 126 cm³/mol. The predicted octanol–water partition coefficient (Wildman–Crippen LogP) is 4.67. The highest BCUT2D eigenvalue weighted by Gasteiger charge is 2.53. The number of sulfone groups is 1. The first-order chi connectivity index (χ1) is 17.5. The first kappa shape index (κ1) is 26.4. The van der Waals surface area contributed by atoms with Gasteiger partial charge in [-0.2, -0.15) is 0 Å². The highest BCUT2D eigenvalue weighted by Crippen LogP contribution is 2.37. The van der Waals surface area contributed by atoms with Gasteiger partial charge in [-0.25, -0.2) is 8.42 Å². The Morgan fingerprint density at radius 3 is 2.05 bits per heavy atom. The van der Waals surface area contributed by atoms with Crippen molar-refractivity contribution in [1.29, 1.82) is 0 Å². The molecule has 37 heavy (non-hydrogen) atoms. The molecule has 0 unspecified atom stereocenters. The van der Waals surface area contributed by atoms with Gasteiger partial charge in [-0.05, 0) is 73.0 Å². The molecule has 12 heteroatoms. The summed E-state index contributed by atoms with van der Waals surface area (Å²) in [5.41, 5.74) is 0.950. The lowest BCUT2D eigenvalue weighted by Gasteiger charge is -2.38. The number of carbonyl (C=O) groups is 1. The number of nitrogens with zero attached hydrogens (tertiary/aromatic N) is 2. The lowest BCUT2D eigenvalue weighted by atomic mass is 9.95. The molecule has 196 valence electrons. The van der Waals surface area contributed by atoms with Crippen LogP contribution in [-0.2, 0) is 21.2 Å². The Morgan fingerprint density at radius 2 is 1.54 bits per heavy atom. The van der Waals surface area contributed by atoms with Crippen molar-refractivity contribution in [2.45, 2.75) is 35.4 Å². The Morgan fingerprint density at radius 1 is 0.973 bits per heavy atom. The highest BCUT2D eigenvalue weighted by molar-refractivity contribution is 7.93. The molecule has 0 radical (unpaired) electrons. The smallest absolute Gasteiger partial charge is 0.480 e. The van der Waals surface area contributed by atoms with Gasteiger partial charge < -0.3 is 14.6 Å². The third kappa shape index (κ3) is 6.03. The number of aliphatic carboxylic acids is 1. The first-order valence-electron chi connectivity index (χ1n) is 11.2. The SMILES string of the molecule is O=C(O)C1(S(=O)(=O)c2ccc(Oc3ccc(OC(F)(F)F)cc3)cc2)CCN(Cc2cccnc2)CC1. The average molecular weight is 537 g/mol. The monoisotopic (exact) mass is 536 g/mol. The maximum absolute atomic E-state index is 13.5. The van der Waals surface area contributed by atoms with Gasteiger partial charge >= 0.3 is 12.3 Å². The van der Waals surface area contributed by atoms with Crippen LogP contribution in [0.15, 0.2) is 78.0 Å². The zero-order valence-electron chi connectivity index (χ0n) is 19.4. The summed E-state index contributed by atoms with van der Waals surface area (Å²) >= 11 is 0. The number of hydrogen-bond donors (Lipinski definition) is 1. The molecule has 1 aliphatic heterocycles. The summed E-state index contributed by atoms with van der Waals surface area (Å²) in [7, 11) is -4.25. The molecule has 3 aromatic rings. The summed E-state index contributed by atoms with van der Waals surface area (Å²) in [4.78, 5) is 18.2. The summed E-state index contributed by atoms with van der Waals surface area (Å²) in [6, 6.07) is 13.6. The number of piperidine rings is 1. The van der Waals surface area contributed by atoms with Gasteiger partial charge in [-0.1, -0.05) is 6.07 Å². The Labute approximate surface area is 211 Å². The minimum absolute atomic E-state index is 0.0739. The van der Waals surface area contributed by atoms with Crippen LogP contribution in [0.3, 0.4) is 0 Å². The molecule has 1 aromatic heterocycles. The molecule has 4 rings (SSSR count). The second-order valence-corrected chi connectivity index (χ2v) is 10.8. The Hall–Kier alpha value is -3.64. The minimum atomic E-state index is -4.81. The van der Waals surface area contributed by atoms with Crippen molar-refractivity contribution in [3.05, 3.63) is 78.6 Å². The number of halogens is 3. The molecule has 0 saturated carbocycles. The van der Waals surface area contributed by atoms with Crippen LogP contribution >= 0.6 is 0 Å². The summed E-state index contributed by atoms with van der Waals surface area (Å²) in [5, 5.41) is 9.99. The fourth-order valence-corrected chi connectivity index (χ4v) is 6.07. The van der Waals surface area contributed by atoms with E-state index >= 15 is 0 Å². The van der Waals surface area contributed by atoms with Crippen molar-refractivity contribution in [2.75, 3.05) is 13.1 Å². The molecular weight excluding hydrogens is 513 g/mol. The van der Waals surface area contributed by atoms with Crippen LogP contribution in [0.25, 0.3) is 0 Å². The number of hydrogen-bond acceptors (Lipinski definition) is 7. The number of aromatic nitrogens is 1. The lowest BCUT2D eigenvalue weighted by molar-refractivity contribution is -0.274. The lowest BCUT2D eigenvalue weighted by Crippen LogP contribution is -2.54. The van der Waals surface area contributed by atoms with Crippen molar-refractivity contribution >= 4 is 15.8 Å². The zero-order valence-corrected chi connectivity index (χ0v) is 20.2. The largest absolute Gasteiger partial charge is 0.573 e. The van der Waals surface area contributed by atoms with E-state index in [-0.39, 0.29) is 42.3 Å². The molecule has 1 saturated heterocycles. The first-order valence-corrected chi connectivity index (χ1v) is 12.7. The number of ether oxygens (including phenoxy) is 2. The molecule has 1 N–H and O–H groups in total. The van der Waals surface area contributed by atoms with E-state index in [1.807, 2.05) is 11.0 Å². The number of benzene rings is 2. The maximum Gasteiger partial charge on any atom is 0.573 e. The number of pyridine rings is 1. The van der Waals surface area contributed by atoms with Gasteiger partial charge in [0, 0.05) is 32.0 Å². The van der Waals surface area contributed by atoms with Gasteiger partial charge in [0.25, 0.3) is 0 Å². The molecule has 2 heterocycles. The van der Waals surface area contributed by atoms with Crippen LogP contribution in [0.5, 0.6) is 17.2 Å². The fraction of sp³-hybridized carbons (Fsp3) is 0.280. The van der Waals surface area contributed by atoms with E-state index in [4.69, 9.17) is 4.74 Å². The number of rotatable bonds is 8. The molecule has 1 fully saturated rings. The molecule has 8 nitrogen and oxygen atoms in total. The number of likely N-dealkylation sites (tertiary alicyclic amines) is 1. The number of alkyl halides is 3. The van der Waals surface area contributed by atoms with Gasteiger partial charge in [-0.15, -0.1) is 13.2 Å². The number of carboxylic acid groups (broad SMARTS) is 1. The Balaban J connectivity index is 1.45. The molecule has 0 atom stereocenters. The normalized spacial score (nSPS) is 16.2. The standard InChI is InChI=1S/C25H23F3N2O6S/c26-25(27,28)36-21-5-3-19(4-6-21)35-20-7-9-22(10-8-20)37(33,34)24(23(31)32)11-14-30(15-12-24)17-18-2-1-13-29-16-18/h1-10,13,16H,11-12,14-15,17H2,(H,31,32). The van der Waals surface area contributed by atoms with Crippen LogP contribution < -0.4 is 9.47 Å². The summed E-state index contributed by atoms with van der Waals surface area (Å²) < 4.78 is 71.3. The van der Waals surface area contributed by atoms with Crippen molar-refractivity contribution in [3.8, 4) is 17.2 Å². The molecule has 0 aliphatic carbocycles. The average Bonchev–Trinajstić information content (AvgIpc) is 2.85. The zero-order chi connectivity index (χ0) is 26.7. The van der Waals surface area contributed by atoms with E-state index < -0.39 is 32.7 Å². The van der Waals surface area contributed by atoms with Crippen molar-refractivity contribution in [1.82, 2.24) is 9.88 Å². The number of carboxylic acids is 1. The van der Waals surface area contributed by atoms with E-state index in [0.29, 0.717) is 6.54 Å². The fourth-order valence-electron chi connectivity index (χ4n) is 4.18. The van der Waals surface area contributed by atoms with Gasteiger partial charge in [0.15, 0.2) is 14.6 Å². The van der Waals surface area contributed by atoms with Crippen LogP contribution in [0, 0.1) is 0 Å². The van der Waals surface area contributed by atoms with Crippen LogP contribution in [0.1, 0.15) is 18.4 Å². The topological polar surface area (TPSA) is 106 Å². The van der Waals surface area contributed by atoms with E-state index in [2.05, 4.69) is 9.72 Å². The van der Waals surface area contributed by atoms with Crippen molar-refractivity contribution in [3.63, 3.8) is 0 Å². The Kier molecular flexibility index (Phi) is 7.42. The van der Waals surface area contributed by atoms with Gasteiger partial charge in [0.1, 0.15) is 17.2 Å². The van der Waals surface area contributed by atoms with E-state index in [0.717, 1.165) is 17.7 Å². The van der Waals surface area contributed by atoms with E-state index in [1.165, 1.54) is 36.4 Å². The third-order valence-corrected chi connectivity index (χ3v) is 8.63. The Bertz CT molecular complexity index is 1320. The quantitative estimate of drug-likeness (QED) is 0.443. The second-order valence-electron chi connectivity index (χ2n) is 8.53.